The Balaban J connectivity index is 1.29. The minimum Gasteiger partial charge on any atom is -0.494 e. The molecule has 184 valence electrons. The van der Waals surface area contributed by atoms with Gasteiger partial charge in [-0.15, -0.1) is 0 Å². The lowest BCUT2D eigenvalue weighted by Crippen LogP contribution is -2.14. The van der Waals surface area contributed by atoms with Gasteiger partial charge in [-0.25, -0.2) is 9.97 Å². The first-order valence-corrected chi connectivity index (χ1v) is 12.8. The number of methoxy groups -OCH3 is 1. The van der Waals surface area contributed by atoms with Crippen molar-refractivity contribution in [1.29, 1.82) is 0 Å². The molecule has 4 heterocycles. The van der Waals surface area contributed by atoms with Crippen molar-refractivity contribution in [2.45, 2.75) is 32.6 Å². The standard InChI is InChI=1S/C28H24N6O2S/c1-15-10-20(21-11-16(2)30-14-24(21)36-3)22(12-29-15)26(35)34-28-33-25-27(37-28)32-23(13-31-25)19-8-6-18(7-9-19)17-4-5-17/h6-14,17H,4-5H2,1-3H3,(H,31,33,34,35). The van der Waals surface area contributed by atoms with Gasteiger partial charge in [-0.3, -0.25) is 20.1 Å². The molecule has 1 fully saturated rings. The number of fused-ring (bicyclic) bond motifs is 1. The van der Waals surface area contributed by atoms with Crippen molar-refractivity contribution >= 4 is 32.9 Å². The van der Waals surface area contributed by atoms with Crippen LogP contribution in [0.25, 0.3) is 32.9 Å². The molecule has 0 spiro atoms. The molecule has 1 aliphatic carbocycles. The number of carbonyl (C=O) groups is 1. The van der Waals surface area contributed by atoms with E-state index in [1.165, 1.54) is 29.7 Å². The average Bonchev–Trinajstić information content (AvgIpc) is 3.68. The molecule has 1 aromatic carbocycles. The highest BCUT2D eigenvalue weighted by Gasteiger charge is 2.23. The molecule has 9 heteroatoms. The first-order chi connectivity index (χ1) is 18.0. The molecule has 0 aliphatic heterocycles. The fraction of sp³-hybridized carbons (Fsp3) is 0.214. The molecule has 0 atom stereocenters. The Labute approximate surface area is 217 Å². The van der Waals surface area contributed by atoms with Crippen LogP contribution in [0.5, 0.6) is 5.75 Å². The monoisotopic (exact) mass is 508 g/mol. The zero-order valence-electron chi connectivity index (χ0n) is 20.6. The van der Waals surface area contributed by atoms with Crippen molar-refractivity contribution in [3.05, 3.63) is 77.5 Å². The lowest BCUT2D eigenvalue weighted by Gasteiger charge is -2.13. The van der Waals surface area contributed by atoms with Crippen molar-refractivity contribution in [3.8, 4) is 28.1 Å². The highest BCUT2D eigenvalue weighted by molar-refractivity contribution is 7.21. The summed E-state index contributed by atoms with van der Waals surface area (Å²) in [6, 6.07) is 12.3. The van der Waals surface area contributed by atoms with Crippen LogP contribution in [0, 0.1) is 13.8 Å². The van der Waals surface area contributed by atoms with E-state index >= 15 is 0 Å². The third-order valence-electron chi connectivity index (χ3n) is 6.40. The number of nitrogens with one attached hydrogen (secondary N) is 1. The molecule has 4 aromatic heterocycles. The highest BCUT2D eigenvalue weighted by Crippen LogP contribution is 2.40. The molecular weight excluding hydrogens is 484 g/mol. The molecule has 37 heavy (non-hydrogen) atoms. The van der Waals surface area contributed by atoms with Gasteiger partial charge in [0.05, 0.1) is 30.8 Å². The molecule has 1 N–H and O–H groups in total. The third kappa shape index (κ3) is 4.65. The maximum Gasteiger partial charge on any atom is 0.259 e. The van der Waals surface area contributed by atoms with Crippen LogP contribution in [-0.2, 0) is 0 Å². The van der Waals surface area contributed by atoms with E-state index in [0.717, 1.165) is 28.2 Å². The predicted octanol–water partition coefficient (Wildman–Crippen LogP) is 5.97. The number of anilines is 1. The maximum atomic E-state index is 13.4. The number of carbonyl (C=O) groups excluding carboxylic acids is 1. The summed E-state index contributed by atoms with van der Waals surface area (Å²) in [5.74, 6) is 0.966. The Hall–Kier alpha value is -4.24. The van der Waals surface area contributed by atoms with Gasteiger partial charge in [0, 0.05) is 34.3 Å². The highest BCUT2D eigenvalue weighted by atomic mass is 32.1. The summed E-state index contributed by atoms with van der Waals surface area (Å²) in [7, 11) is 1.58. The molecule has 0 saturated heterocycles. The minimum atomic E-state index is -0.325. The van der Waals surface area contributed by atoms with Crippen LogP contribution in [0.2, 0.25) is 0 Å². The van der Waals surface area contributed by atoms with E-state index in [-0.39, 0.29) is 5.91 Å². The van der Waals surface area contributed by atoms with Gasteiger partial charge in [0.25, 0.3) is 5.91 Å². The molecule has 0 radical (unpaired) electrons. The van der Waals surface area contributed by atoms with Crippen molar-refractivity contribution in [3.63, 3.8) is 0 Å². The van der Waals surface area contributed by atoms with Crippen LogP contribution in [0.3, 0.4) is 0 Å². The van der Waals surface area contributed by atoms with E-state index in [2.05, 4.69) is 49.5 Å². The van der Waals surface area contributed by atoms with Gasteiger partial charge in [0.15, 0.2) is 15.6 Å². The Morgan fingerprint density at radius 1 is 0.946 bits per heavy atom. The normalized spacial score (nSPS) is 13.1. The van der Waals surface area contributed by atoms with E-state index in [1.54, 1.807) is 25.7 Å². The summed E-state index contributed by atoms with van der Waals surface area (Å²) in [5.41, 5.74) is 7.16. The van der Waals surface area contributed by atoms with Gasteiger partial charge < -0.3 is 4.74 Å². The Kier molecular flexibility index (Phi) is 5.84. The Morgan fingerprint density at radius 2 is 1.68 bits per heavy atom. The Morgan fingerprint density at radius 3 is 2.41 bits per heavy atom. The number of rotatable bonds is 6. The lowest BCUT2D eigenvalue weighted by molar-refractivity contribution is 0.102. The zero-order chi connectivity index (χ0) is 25.5. The van der Waals surface area contributed by atoms with Crippen molar-refractivity contribution in [1.82, 2.24) is 24.9 Å². The van der Waals surface area contributed by atoms with E-state index in [9.17, 15) is 4.79 Å². The maximum absolute atomic E-state index is 13.4. The van der Waals surface area contributed by atoms with Crippen LogP contribution < -0.4 is 10.1 Å². The quantitative estimate of drug-likeness (QED) is 0.302. The van der Waals surface area contributed by atoms with Crippen LogP contribution >= 0.6 is 11.3 Å². The number of ether oxygens (including phenoxy) is 1. The van der Waals surface area contributed by atoms with Gasteiger partial charge in [-0.05, 0) is 50.3 Å². The fourth-order valence-electron chi connectivity index (χ4n) is 4.31. The van der Waals surface area contributed by atoms with Gasteiger partial charge in [-0.2, -0.15) is 4.98 Å². The van der Waals surface area contributed by atoms with Gasteiger partial charge in [-0.1, -0.05) is 35.6 Å². The summed E-state index contributed by atoms with van der Waals surface area (Å²) in [6.07, 6.45) is 7.50. The number of hydrogen-bond acceptors (Lipinski definition) is 8. The third-order valence-corrected chi connectivity index (χ3v) is 7.25. The molecule has 8 nitrogen and oxygen atoms in total. The average molecular weight is 509 g/mol. The molecule has 6 rings (SSSR count). The lowest BCUT2D eigenvalue weighted by atomic mass is 9.99. The second kappa shape index (κ2) is 9.33. The topological polar surface area (TPSA) is 103 Å². The van der Waals surface area contributed by atoms with Crippen LogP contribution in [0.4, 0.5) is 5.13 Å². The van der Waals surface area contributed by atoms with Crippen LogP contribution in [-0.4, -0.2) is 37.9 Å². The second-order valence-corrected chi connectivity index (χ2v) is 10.1. The number of benzene rings is 1. The summed E-state index contributed by atoms with van der Waals surface area (Å²) in [5, 5.41) is 3.33. The van der Waals surface area contributed by atoms with E-state index < -0.39 is 0 Å². The van der Waals surface area contributed by atoms with Crippen LogP contribution in [0.1, 0.15) is 46.1 Å². The van der Waals surface area contributed by atoms with Crippen molar-refractivity contribution in [2.75, 3.05) is 12.4 Å². The molecule has 0 bridgehead atoms. The van der Waals surface area contributed by atoms with Crippen molar-refractivity contribution < 1.29 is 9.53 Å². The first kappa shape index (κ1) is 23.2. The second-order valence-electron chi connectivity index (χ2n) is 9.15. The SMILES string of the molecule is COc1cnc(C)cc1-c1cc(C)ncc1C(=O)Nc1nc2ncc(-c3ccc(C4CC4)cc3)nc2s1. The minimum absolute atomic E-state index is 0.325. The van der Waals surface area contributed by atoms with Crippen LogP contribution in [0.15, 0.2) is 55.0 Å². The molecule has 1 aliphatic rings. The number of pyridine rings is 2. The summed E-state index contributed by atoms with van der Waals surface area (Å²) in [6.45, 7) is 3.78. The Bertz CT molecular complexity index is 1640. The smallest absolute Gasteiger partial charge is 0.259 e. The van der Waals surface area contributed by atoms with E-state index in [4.69, 9.17) is 9.72 Å². The number of aryl methyl sites for hydroxylation is 2. The number of hydrogen-bond donors (Lipinski definition) is 1. The number of nitrogens with zero attached hydrogens (tertiary/aromatic N) is 5. The predicted molar refractivity (Wildman–Crippen MR) is 144 cm³/mol. The van der Waals surface area contributed by atoms with Crippen molar-refractivity contribution in [2.24, 2.45) is 0 Å². The number of aromatic nitrogens is 5. The number of thiazole rings is 1. The van der Waals surface area contributed by atoms with Gasteiger partial charge in [0.2, 0.25) is 0 Å². The molecule has 1 saturated carbocycles. The molecule has 5 aromatic rings. The van der Waals surface area contributed by atoms with E-state index in [1.807, 2.05) is 26.0 Å². The van der Waals surface area contributed by atoms with E-state index in [0.29, 0.717) is 38.4 Å². The molecular formula is C28H24N6O2S. The first-order valence-electron chi connectivity index (χ1n) is 12.0. The largest absolute Gasteiger partial charge is 0.494 e. The summed E-state index contributed by atoms with van der Waals surface area (Å²) in [4.78, 5) is 36.4. The van der Waals surface area contributed by atoms with Gasteiger partial charge in [0.1, 0.15) is 5.75 Å². The summed E-state index contributed by atoms with van der Waals surface area (Å²) >= 11 is 1.29. The van der Waals surface area contributed by atoms with Gasteiger partial charge >= 0.3 is 0 Å². The molecule has 1 amide bonds. The molecule has 0 unspecified atom stereocenters. The summed E-state index contributed by atoms with van der Waals surface area (Å²) < 4.78 is 5.51. The number of amides is 1. The zero-order valence-corrected chi connectivity index (χ0v) is 21.5. The fourth-order valence-corrected chi connectivity index (χ4v) is 5.10.